The van der Waals surface area contributed by atoms with Crippen LogP contribution >= 0.6 is 0 Å². The largest absolute Gasteiger partial charge is 0.475 e. The lowest BCUT2D eigenvalue weighted by Crippen LogP contribution is -2.13. The van der Waals surface area contributed by atoms with Crippen LogP contribution in [0.2, 0.25) is 0 Å². The van der Waals surface area contributed by atoms with Gasteiger partial charge in [-0.2, -0.15) is 5.10 Å². The predicted octanol–water partition coefficient (Wildman–Crippen LogP) is 1.31. The fraction of sp³-hybridized carbons (Fsp3) is 0.333. The maximum absolute atomic E-state index is 10.7. The minimum atomic E-state index is -1.05. The zero-order valence-corrected chi connectivity index (χ0v) is 10.3. The standard InChI is InChI=1S/C12H15N3O3/c1-8-9(5-11(18-8)12(16)17)6-13-7-10-3-4-15(2)14-10/h3-5,13H,6-7H2,1-2H3,(H,16,17). The van der Waals surface area contributed by atoms with E-state index in [1.54, 1.807) is 17.7 Å². The van der Waals surface area contributed by atoms with Crippen molar-refractivity contribution in [2.45, 2.75) is 20.0 Å². The van der Waals surface area contributed by atoms with Crippen molar-refractivity contribution in [1.29, 1.82) is 0 Å². The molecule has 0 aliphatic heterocycles. The van der Waals surface area contributed by atoms with E-state index in [-0.39, 0.29) is 5.76 Å². The van der Waals surface area contributed by atoms with Gasteiger partial charge in [0.2, 0.25) is 5.76 Å². The minimum Gasteiger partial charge on any atom is -0.475 e. The minimum absolute atomic E-state index is 0.0258. The Morgan fingerprint density at radius 2 is 2.33 bits per heavy atom. The third kappa shape index (κ3) is 2.78. The fourth-order valence-electron chi connectivity index (χ4n) is 1.68. The summed E-state index contributed by atoms with van der Waals surface area (Å²) in [6, 6.07) is 3.47. The van der Waals surface area contributed by atoms with Crippen molar-refractivity contribution >= 4 is 5.97 Å². The van der Waals surface area contributed by atoms with Gasteiger partial charge in [0.25, 0.3) is 0 Å². The number of nitrogens with one attached hydrogen (secondary N) is 1. The van der Waals surface area contributed by atoms with Gasteiger partial charge in [-0.05, 0) is 19.1 Å². The molecule has 0 spiro atoms. The number of aromatic carboxylic acids is 1. The Bertz CT molecular complexity index is 557. The van der Waals surface area contributed by atoms with Gasteiger partial charge in [-0.3, -0.25) is 4.68 Å². The Morgan fingerprint density at radius 3 is 2.89 bits per heavy atom. The van der Waals surface area contributed by atoms with Gasteiger partial charge in [0, 0.05) is 31.9 Å². The van der Waals surface area contributed by atoms with E-state index in [1.807, 2.05) is 19.3 Å². The molecule has 0 amide bonds. The Balaban J connectivity index is 1.92. The summed E-state index contributed by atoms with van der Waals surface area (Å²) in [5, 5.41) is 16.2. The van der Waals surface area contributed by atoms with Crippen LogP contribution in [0.25, 0.3) is 0 Å². The summed E-state index contributed by atoms with van der Waals surface area (Å²) in [6.07, 6.45) is 1.88. The topological polar surface area (TPSA) is 80.3 Å². The monoisotopic (exact) mass is 249 g/mol. The van der Waals surface area contributed by atoms with Crippen molar-refractivity contribution in [3.8, 4) is 0 Å². The number of rotatable bonds is 5. The zero-order valence-electron chi connectivity index (χ0n) is 10.3. The third-order valence-corrected chi connectivity index (χ3v) is 2.62. The SMILES string of the molecule is Cc1oc(C(=O)O)cc1CNCc1ccn(C)n1. The maximum Gasteiger partial charge on any atom is 0.371 e. The van der Waals surface area contributed by atoms with Crippen LogP contribution in [0.1, 0.15) is 27.6 Å². The zero-order chi connectivity index (χ0) is 13.1. The second-order valence-electron chi connectivity index (χ2n) is 4.08. The molecule has 96 valence electrons. The lowest BCUT2D eigenvalue weighted by molar-refractivity contribution is 0.0661. The number of aromatic nitrogens is 2. The summed E-state index contributed by atoms with van der Waals surface area (Å²) in [7, 11) is 1.86. The molecule has 0 atom stereocenters. The predicted molar refractivity (Wildman–Crippen MR) is 64.2 cm³/mol. The van der Waals surface area contributed by atoms with Crippen molar-refractivity contribution in [2.24, 2.45) is 7.05 Å². The average Bonchev–Trinajstić information content (AvgIpc) is 2.87. The van der Waals surface area contributed by atoms with Gasteiger partial charge in [-0.1, -0.05) is 0 Å². The molecular weight excluding hydrogens is 234 g/mol. The second kappa shape index (κ2) is 5.05. The molecule has 6 nitrogen and oxygen atoms in total. The van der Waals surface area contributed by atoms with Crippen molar-refractivity contribution in [3.63, 3.8) is 0 Å². The molecule has 2 aromatic rings. The molecule has 0 radical (unpaired) electrons. The van der Waals surface area contributed by atoms with E-state index in [2.05, 4.69) is 10.4 Å². The highest BCUT2D eigenvalue weighted by molar-refractivity contribution is 5.84. The Hall–Kier alpha value is -2.08. The molecule has 0 aromatic carbocycles. The summed E-state index contributed by atoms with van der Waals surface area (Å²) in [5.41, 5.74) is 1.79. The summed E-state index contributed by atoms with van der Waals surface area (Å²) in [6.45, 7) is 2.94. The van der Waals surface area contributed by atoms with E-state index in [4.69, 9.17) is 9.52 Å². The smallest absolute Gasteiger partial charge is 0.371 e. The number of hydrogen-bond acceptors (Lipinski definition) is 4. The highest BCUT2D eigenvalue weighted by Gasteiger charge is 2.12. The second-order valence-corrected chi connectivity index (χ2v) is 4.08. The molecule has 18 heavy (non-hydrogen) atoms. The first kappa shape index (κ1) is 12.4. The van der Waals surface area contributed by atoms with Gasteiger partial charge in [0.1, 0.15) is 5.76 Å². The Morgan fingerprint density at radius 1 is 1.56 bits per heavy atom. The molecular formula is C12H15N3O3. The fourth-order valence-corrected chi connectivity index (χ4v) is 1.68. The molecule has 2 aromatic heterocycles. The van der Waals surface area contributed by atoms with Gasteiger partial charge < -0.3 is 14.8 Å². The first-order valence-corrected chi connectivity index (χ1v) is 5.58. The molecule has 2 N–H and O–H groups in total. The average molecular weight is 249 g/mol. The summed E-state index contributed by atoms with van der Waals surface area (Å²) < 4.78 is 6.86. The van der Waals surface area contributed by atoms with Crippen LogP contribution in [0.3, 0.4) is 0 Å². The third-order valence-electron chi connectivity index (χ3n) is 2.62. The number of aryl methyl sites for hydroxylation is 2. The lowest BCUT2D eigenvalue weighted by Gasteiger charge is -2.00. The molecule has 6 heteroatoms. The van der Waals surface area contributed by atoms with Gasteiger partial charge in [-0.15, -0.1) is 0 Å². The summed E-state index contributed by atoms with van der Waals surface area (Å²) >= 11 is 0. The number of nitrogens with zero attached hydrogens (tertiary/aromatic N) is 2. The lowest BCUT2D eigenvalue weighted by atomic mass is 10.2. The first-order valence-electron chi connectivity index (χ1n) is 5.58. The normalized spacial score (nSPS) is 10.8. The van der Waals surface area contributed by atoms with Crippen LogP contribution in [-0.4, -0.2) is 20.9 Å². The quantitative estimate of drug-likeness (QED) is 0.835. The maximum atomic E-state index is 10.7. The van der Waals surface area contributed by atoms with Crippen molar-refractivity contribution < 1.29 is 14.3 Å². The molecule has 0 saturated heterocycles. The van der Waals surface area contributed by atoms with E-state index >= 15 is 0 Å². The van der Waals surface area contributed by atoms with E-state index < -0.39 is 5.97 Å². The summed E-state index contributed by atoms with van der Waals surface area (Å²) in [4.78, 5) is 10.7. The molecule has 0 saturated carbocycles. The van der Waals surface area contributed by atoms with Gasteiger partial charge in [0.05, 0.1) is 5.69 Å². The van der Waals surface area contributed by atoms with Crippen LogP contribution in [-0.2, 0) is 20.1 Å². The van der Waals surface area contributed by atoms with Crippen LogP contribution in [0.4, 0.5) is 0 Å². The number of hydrogen-bond donors (Lipinski definition) is 2. The van der Waals surface area contributed by atoms with E-state index in [1.165, 1.54) is 0 Å². The van der Waals surface area contributed by atoms with Crippen molar-refractivity contribution in [2.75, 3.05) is 0 Å². The number of carbonyl (C=O) groups is 1. The number of furan rings is 1. The summed E-state index contributed by atoms with van der Waals surface area (Å²) in [5.74, 6) is -0.447. The van der Waals surface area contributed by atoms with E-state index in [9.17, 15) is 4.79 Å². The van der Waals surface area contributed by atoms with Crippen LogP contribution in [0, 0.1) is 6.92 Å². The Labute approximate surface area is 104 Å². The molecule has 2 heterocycles. The molecule has 0 bridgehead atoms. The molecule has 0 aliphatic carbocycles. The van der Waals surface area contributed by atoms with Gasteiger partial charge >= 0.3 is 5.97 Å². The van der Waals surface area contributed by atoms with Crippen LogP contribution in [0.5, 0.6) is 0 Å². The highest BCUT2D eigenvalue weighted by atomic mass is 16.4. The number of carboxylic acid groups (broad SMARTS) is 1. The highest BCUT2D eigenvalue weighted by Crippen LogP contribution is 2.14. The molecule has 0 fully saturated rings. The molecule has 0 aliphatic rings. The van der Waals surface area contributed by atoms with E-state index in [0.29, 0.717) is 18.8 Å². The van der Waals surface area contributed by atoms with E-state index in [0.717, 1.165) is 11.3 Å². The molecule has 2 rings (SSSR count). The Kier molecular flexibility index (Phi) is 3.47. The van der Waals surface area contributed by atoms with Crippen molar-refractivity contribution in [1.82, 2.24) is 15.1 Å². The van der Waals surface area contributed by atoms with Gasteiger partial charge in [0.15, 0.2) is 0 Å². The first-order chi connectivity index (χ1) is 8.56. The van der Waals surface area contributed by atoms with Crippen molar-refractivity contribution in [3.05, 3.63) is 41.1 Å². The number of carboxylic acids is 1. The van der Waals surface area contributed by atoms with Gasteiger partial charge in [-0.25, -0.2) is 4.79 Å². The van der Waals surface area contributed by atoms with Crippen LogP contribution < -0.4 is 5.32 Å². The molecule has 0 unspecified atom stereocenters. The van der Waals surface area contributed by atoms with Crippen LogP contribution in [0.15, 0.2) is 22.7 Å².